The maximum Gasteiger partial charge on any atom is 0.336 e. The summed E-state index contributed by atoms with van der Waals surface area (Å²) in [7, 11) is 1.35. The molecule has 0 saturated carbocycles. The molecule has 10 heteroatoms. The van der Waals surface area contributed by atoms with Crippen LogP contribution in [0.3, 0.4) is 0 Å². The number of benzene rings is 1. The van der Waals surface area contributed by atoms with Crippen molar-refractivity contribution >= 4 is 46.4 Å². The average molecular weight is 414 g/mol. The molecule has 9 nitrogen and oxygen atoms in total. The summed E-state index contributed by atoms with van der Waals surface area (Å²) >= 11 is 1.22. The Morgan fingerprint density at radius 1 is 1.21 bits per heavy atom. The zero-order valence-corrected chi connectivity index (χ0v) is 16.2. The number of amidine groups is 1. The first-order chi connectivity index (χ1) is 13.9. The van der Waals surface area contributed by atoms with Crippen LogP contribution in [0.1, 0.15) is 10.4 Å². The van der Waals surface area contributed by atoms with Gasteiger partial charge in [0.05, 0.1) is 17.1 Å². The van der Waals surface area contributed by atoms with E-state index < -0.39 is 23.7 Å². The van der Waals surface area contributed by atoms with Gasteiger partial charge in [0.25, 0.3) is 11.7 Å². The van der Waals surface area contributed by atoms with Gasteiger partial charge in [-0.3, -0.25) is 19.3 Å². The van der Waals surface area contributed by atoms with Gasteiger partial charge < -0.3 is 15.7 Å². The van der Waals surface area contributed by atoms with Crippen molar-refractivity contribution in [1.82, 2.24) is 10.2 Å². The summed E-state index contributed by atoms with van der Waals surface area (Å²) < 4.78 is 0. The Hall–Kier alpha value is -3.53. The molecule has 0 saturated heterocycles. The molecule has 1 aromatic heterocycles. The molecule has 1 aromatic carbocycles. The number of carbonyl (C=O) groups excluding carboxylic acids is 3. The zero-order valence-electron chi connectivity index (χ0n) is 15.4. The molecule has 0 fully saturated rings. The first-order valence-electron chi connectivity index (χ1n) is 8.63. The van der Waals surface area contributed by atoms with E-state index in [1.165, 1.54) is 18.4 Å². The lowest BCUT2D eigenvalue weighted by atomic mass is 10.1. The van der Waals surface area contributed by atoms with Gasteiger partial charge in [0.2, 0.25) is 11.9 Å². The van der Waals surface area contributed by atoms with E-state index in [9.17, 15) is 19.2 Å². The summed E-state index contributed by atoms with van der Waals surface area (Å²) in [5.41, 5.74) is 1.49. The molecule has 29 heavy (non-hydrogen) atoms. The highest BCUT2D eigenvalue weighted by Crippen LogP contribution is 2.26. The Morgan fingerprint density at radius 3 is 2.62 bits per heavy atom. The molecule has 2 heterocycles. The molecule has 1 atom stereocenters. The molecule has 2 amide bonds. The van der Waals surface area contributed by atoms with Crippen LogP contribution in [0.25, 0.3) is 0 Å². The Kier molecular flexibility index (Phi) is 6.03. The van der Waals surface area contributed by atoms with Gasteiger partial charge in [-0.05, 0) is 17.0 Å². The summed E-state index contributed by atoms with van der Waals surface area (Å²) in [6.45, 7) is 0.368. The van der Waals surface area contributed by atoms with Crippen molar-refractivity contribution in [2.45, 2.75) is 12.6 Å². The summed E-state index contributed by atoms with van der Waals surface area (Å²) in [6.07, 6.45) is 0. The van der Waals surface area contributed by atoms with Crippen LogP contribution < -0.4 is 10.6 Å². The monoisotopic (exact) mass is 414 g/mol. The maximum absolute atomic E-state index is 12.1. The first kappa shape index (κ1) is 20.2. The predicted octanol–water partition coefficient (Wildman–Crippen LogP) is 0.717. The van der Waals surface area contributed by atoms with Gasteiger partial charge in [0.15, 0.2) is 5.84 Å². The molecule has 1 aliphatic heterocycles. The van der Waals surface area contributed by atoms with Crippen LogP contribution >= 0.6 is 11.3 Å². The minimum atomic E-state index is -1.77. The van der Waals surface area contributed by atoms with Crippen LogP contribution in [0.4, 0.5) is 5.69 Å². The van der Waals surface area contributed by atoms with Gasteiger partial charge >= 0.3 is 5.97 Å². The van der Waals surface area contributed by atoms with E-state index >= 15 is 0 Å². The molecule has 1 unspecified atom stereocenters. The van der Waals surface area contributed by atoms with Crippen molar-refractivity contribution in [3.63, 3.8) is 0 Å². The van der Waals surface area contributed by atoms with E-state index in [4.69, 9.17) is 5.11 Å². The van der Waals surface area contributed by atoms with Gasteiger partial charge in [0.1, 0.15) is 0 Å². The number of ketones is 1. The molecule has 0 bridgehead atoms. The van der Waals surface area contributed by atoms with E-state index in [-0.39, 0.29) is 18.3 Å². The van der Waals surface area contributed by atoms with E-state index in [0.717, 1.165) is 10.5 Å². The summed E-state index contributed by atoms with van der Waals surface area (Å²) in [4.78, 5) is 52.7. The lowest BCUT2D eigenvalue weighted by molar-refractivity contribution is -0.149. The SMILES string of the molecule is CN1C(=O)C(=O)C(C(=O)O)N=C1c1sccc1NCC(=O)NCc1ccccc1. The van der Waals surface area contributed by atoms with Crippen LogP contribution in [0, 0.1) is 0 Å². The topological polar surface area (TPSA) is 128 Å². The predicted molar refractivity (Wildman–Crippen MR) is 107 cm³/mol. The van der Waals surface area contributed by atoms with Crippen molar-refractivity contribution < 1.29 is 24.3 Å². The Bertz CT molecular complexity index is 985. The number of nitrogens with one attached hydrogen (secondary N) is 2. The van der Waals surface area contributed by atoms with Crippen molar-refractivity contribution in [2.24, 2.45) is 4.99 Å². The van der Waals surface area contributed by atoms with Crippen LogP contribution in [0.5, 0.6) is 0 Å². The number of Topliss-reactive ketones (excluding diaryl/α,β-unsaturated/α-hetero) is 1. The molecule has 0 radical (unpaired) electrons. The highest BCUT2D eigenvalue weighted by molar-refractivity contribution is 7.12. The number of carboxylic acid groups (broad SMARTS) is 1. The van der Waals surface area contributed by atoms with Crippen molar-refractivity contribution in [2.75, 3.05) is 18.9 Å². The van der Waals surface area contributed by atoms with Crippen molar-refractivity contribution in [3.05, 3.63) is 52.2 Å². The lowest BCUT2D eigenvalue weighted by Gasteiger charge is -2.25. The second-order valence-electron chi connectivity index (χ2n) is 6.20. The Morgan fingerprint density at radius 2 is 1.93 bits per heavy atom. The van der Waals surface area contributed by atoms with Gasteiger partial charge in [-0.25, -0.2) is 9.79 Å². The van der Waals surface area contributed by atoms with Crippen LogP contribution in [0.2, 0.25) is 0 Å². The summed E-state index contributed by atoms with van der Waals surface area (Å²) in [5, 5.41) is 16.6. The smallest absolute Gasteiger partial charge is 0.336 e. The van der Waals surface area contributed by atoms with E-state index in [1.807, 2.05) is 30.3 Å². The third-order valence-electron chi connectivity index (χ3n) is 4.21. The summed E-state index contributed by atoms with van der Waals surface area (Å²) in [6, 6.07) is 9.39. The van der Waals surface area contributed by atoms with Gasteiger partial charge in [-0.15, -0.1) is 11.3 Å². The number of anilines is 1. The number of amides is 2. The average Bonchev–Trinajstić information content (AvgIpc) is 3.18. The fraction of sp³-hybridized carbons (Fsp3) is 0.211. The van der Waals surface area contributed by atoms with E-state index in [0.29, 0.717) is 17.1 Å². The maximum atomic E-state index is 12.1. The number of carboxylic acids is 1. The van der Waals surface area contributed by atoms with Crippen LogP contribution in [-0.4, -0.2) is 59.0 Å². The normalized spacial score (nSPS) is 16.4. The number of aliphatic carboxylic acids is 1. The number of hydrogen-bond acceptors (Lipinski definition) is 7. The molecule has 0 aliphatic carbocycles. The fourth-order valence-corrected chi connectivity index (χ4v) is 3.58. The molecule has 1 aliphatic rings. The van der Waals surface area contributed by atoms with Crippen LogP contribution in [-0.2, 0) is 25.7 Å². The van der Waals surface area contributed by atoms with Gasteiger partial charge in [0, 0.05) is 13.6 Å². The molecule has 3 rings (SSSR count). The van der Waals surface area contributed by atoms with E-state index in [1.54, 1.807) is 11.4 Å². The second kappa shape index (κ2) is 8.65. The van der Waals surface area contributed by atoms with Crippen molar-refractivity contribution in [3.8, 4) is 0 Å². The van der Waals surface area contributed by atoms with E-state index in [2.05, 4.69) is 15.6 Å². The zero-order chi connectivity index (χ0) is 21.0. The molecule has 150 valence electrons. The van der Waals surface area contributed by atoms with Gasteiger partial charge in [-0.1, -0.05) is 30.3 Å². The number of likely N-dealkylation sites (N-methyl/N-ethyl adjacent to an activating group) is 1. The number of carbonyl (C=O) groups is 4. The Balaban J connectivity index is 1.69. The highest BCUT2D eigenvalue weighted by atomic mass is 32.1. The second-order valence-corrected chi connectivity index (χ2v) is 7.12. The quantitative estimate of drug-likeness (QED) is 0.452. The molecule has 3 N–H and O–H groups in total. The third-order valence-corrected chi connectivity index (χ3v) is 5.12. The van der Waals surface area contributed by atoms with Gasteiger partial charge in [-0.2, -0.15) is 0 Å². The molecular formula is C19H18N4O5S. The minimum Gasteiger partial charge on any atom is -0.479 e. The number of nitrogens with zero attached hydrogens (tertiary/aromatic N) is 2. The first-order valence-corrected chi connectivity index (χ1v) is 9.51. The lowest BCUT2D eigenvalue weighted by Crippen LogP contribution is -2.50. The third kappa shape index (κ3) is 4.49. The van der Waals surface area contributed by atoms with Crippen molar-refractivity contribution in [1.29, 1.82) is 0 Å². The molecular weight excluding hydrogens is 396 g/mol. The number of thiophene rings is 1. The largest absolute Gasteiger partial charge is 0.479 e. The number of aliphatic imine (C=N–C) groups is 1. The fourth-order valence-electron chi connectivity index (χ4n) is 2.68. The highest BCUT2D eigenvalue weighted by Gasteiger charge is 2.40. The minimum absolute atomic E-state index is 0.0250. The summed E-state index contributed by atoms with van der Waals surface area (Å²) in [5.74, 6) is -3.68. The Labute approximate surface area is 170 Å². The standard InChI is InChI=1S/C19H18N4O5S/c1-23-17(22-14(19(27)28)15(25)18(23)26)16-12(7-8-29-16)20-10-13(24)21-9-11-5-3-2-4-6-11/h2-8,14,20H,9-10H2,1H3,(H,21,24)(H,27,28). The molecule has 2 aromatic rings. The number of hydrogen-bond donors (Lipinski definition) is 3. The number of rotatable bonds is 7. The molecule has 0 spiro atoms. The van der Waals surface area contributed by atoms with Crippen LogP contribution in [0.15, 0.2) is 46.8 Å².